The normalized spacial score (nSPS) is 14.8. The van der Waals surface area contributed by atoms with E-state index in [0.717, 1.165) is 9.80 Å². The minimum Gasteiger partial charge on any atom is -0.269 e. The first kappa shape index (κ1) is 19.9. The fourth-order valence-electron chi connectivity index (χ4n) is 4.57. The Labute approximate surface area is 193 Å². The van der Waals surface area contributed by atoms with Gasteiger partial charge in [0.2, 0.25) is 0 Å². The number of carbonyl (C=O) groups excluding carboxylic acids is 4. The lowest BCUT2D eigenvalue weighted by Gasteiger charge is -2.31. The van der Waals surface area contributed by atoms with E-state index < -0.39 is 23.6 Å². The molecule has 0 saturated carbocycles. The van der Waals surface area contributed by atoms with Crippen LogP contribution in [-0.2, 0) is 13.1 Å². The van der Waals surface area contributed by atoms with Crippen LogP contribution in [0.1, 0.15) is 52.8 Å². The van der Waals surface area contributed by atoms with Gasteiger partial charge in [0.1, 0.15) is 0 Å². The second kappa shape index (κ2) is 7.41. The molecule has 0 atom stereocenters. The maximum absolute atomic E-state index is 13.3. The van der Waals surface area contributed by atoms with Crippen molar-refractivity contribution in [2.24, 2.45) is 0 Å². The summed E-state index contributed by atoms with van der Waals surface area (Å²) in [4.78, 5) is 63.9. The Balaban J connectivity index is 1.46. The Bertz CT molecular complexity index is 1350. The van der Waals surface area contributed by atoms with Gasteiger partial charge in [-0.25, -0.2) is 0 Å². The molecular weight excluding hydrogens is 432 g/mol. The van der Waals surface area contributed by atoms with Gasteiger partial charge >= 0.3 is 0 Å². The van der Waals surface area contributed by atoms with Gasteiger partial charge in [0.25, 0.3) is 23.6 Å². The lowest BCUT2D eigenvalue weighted by Crippen LogP contribution is -2.42. The van der Waals surface area contributed by atoms with E-state index in [9.17, 15) is 19.2 Å². The first-order valence-corrected chi connectivity index (χ1v) is 10.7. The molecule has 4 heterocycles. The number of hydrogen-bond donors (Lipinski definition) is 0. The number of rotatable bonds is 4. The second-order valence-corrected chi connectivity index (χ2v) is 8.11. The van der Waals surface area contributed by atoms with Gasteiger partial charge in [0.15, 0.2) is 0 Å². The van der Waals surface area contributed by atoms with Gasteiger partial charge in [-0.3, -0.25) is 38.9 Å². The molecule has 34 heavy (non-hydrogen) atoms. The smallest absolute Gasteiger partial charge is 0.261 e. The van der Waals surface area contributed by atoms with Gasteiger partial charge < -0.3 is 0 Å². The van der Waals surface area contributed by atoms with Crippen LogP contribution in [0.25, 0.3) is 10.8 Å². The van der Waals surface area contributed by atoms with Crippen molar-refractivity contribution in [1.29, 1.82) is 0 Å². The maximum Gasteiger partial charge on any atom is 0.261 e. The highest BCUT2D eigenvalue weighted by atomic mass is 16.2. The highest BCUT2D eigenvalue weighted by Gasteiger charge is 2.39. The van der Waals surface area contributed by atoms with Crippen molar-refractivity contribution < 1.29 is 19.2 Å². The van der Waals surface area contributed by atoms with E-state index in [2.05, 4.69) is 9.97 Å². The molecule has 2 aliphatic rings. The number of nitrogens with zero attached hydrogens (tertiary/aromatic N) is 4. The summed E-state index contributed by atoms with van der Waals surface area (Å²) in [5.41, 5.74) is 2.28. The predicted octanol–water partition coefficient (Wildman–Crippen LogP) is 3.22. The third kappa shape index (κ3) is 2.85. The number of pyridine rings is 2. The molecule has 0 radical (unpaired) electrons. The first-order valence-electron chi connectivity index (χ1n) is 10.7. The Kier molecular flexibility index (Phi) is 4.35. The molecule has 8 nitrogen and oxygen atoms in total. The number of carbonyl (C=O) groups is 4. The van der Waals surface area contributed by atoms with Crippen LogP contribution in [0.15, 0.2) is 73.1 Å². The van der Waals surface area contributed by atoms with E-state index in [4.69, 9.17) is 0 Å². The fourth-order valence-corrected chi connectivity index (χ4v) is 4.57. The topological polar surface area (TPSA) is 101 Å². The molecule has 4 aromatic rings. The molecule has 0 bridgehead atoms. The van der Waals surface area contributed by atoms with E-state index >= 15 is 0 Å². The lowest BCUT2D eigenvalue weighted by molar-refractivity contribution is 0.0575. The van der Waals surface area contributed by atoms with Crippen LogP contribution in [0, 0.1) is 0 Å². The van der Waals surface area contributed by atoms with Crippen LogP contribution in [-0.4, -0.2) is 43.4 Å². The summed E-state index contributed by atoms with van der Waals surface area (Å²) in [6.07, 6.45) is 3.20. The fraction of sp³-hybridized carbons (Fsp3) is 0.0769. The number of hydrogen-bond acceptors (Lipinski definition) is 6. The van der Waals surface area contributed by atoms with Crippen LogP contribution < -0.4 is 0 Å². The summed E-state index contributed by atoms with van der Waals surface area (Å²) in [6, 6.07) is 16.8. The summed E-state index contributed by atoms with van der Waals surface area (Å²) < 4.78 is 0. The highest BCUT2D eigenvalue weighted by Crippen LogP contribution is 2.38. The van der Waals surface area contributed by atoms with Crippen LogP contribution in [0.2, 0.25) is 0 Å². The van der Waals surface area contributed by atoms with Gasteiger partial charge in [-0.05, 0) is 48.5 Å². The SMILES string of the molecule is O=C1c2ccc3c4c(ccc(c24)C(=O)N1Cc1ccccn1)C(=O)N(Cc1ccccn1)C3=O. The Morgan fingerprint density at radius 2 is 0.853 bits per heavy atom. The summed E-state index contributed by atoms with van der Waals surface area (Å²) in [5, 5.41) is 0.697. The van der Waals surface area contributed by atoms with Crippen LogP contribution in [0.5, 0.6) is 0 Å². The summed E-state index contributed by atoms with van der Waals surface area (Å²) >= 11 is 0. The molecule has 0 saturated heterocycles. The van der Waals surface area contributed by atoms with E-state index in [-0.39, 0.29) is 35.3 Å². The summed E-state index contributed by atoms with van der Waals surface area (Å²) in [6.45, 7) is 0.0529. The molecule has 8 heteroatoms. The van der Waals surface area contributed by atoms with Gasteiger partial charge in [0, 0.05) is 45.4 Å². The van der Waals surface area contributed by atoms with Crippen molar-refractivity contribution in [2.75, 3.05) is 0 Å². The van der Waals surface area contributed by atoms with Gasteiger partial charge in [0.05, 0.1) is 24.5 Å². The van der Waals surface area contributed by atoms with Crippen LogP contribution in [0.3, 0.4) is 0 Å². The van der Waals surface area contributed by atoms with Crippen molar-refractivity contribution in [2.45, 2.75) is 13.1 Å². The molecule has 164 valence electrons. The minimum atomic E-state index is -0.484. The molecule has 0 spiro atoms. The average Bonchev–Trinajstić information content (AvgIpc) is 2.87. The summed E-state index contributed by atoms with van der Waals surface area (Å²) in [5.74, 6) is -1.93. The van der Waals surface area contributed by atoms with Gasteiger partial charge in [-0.2, -0.15) is 0 Å². The molecule has 0 fully saturated rings. The molecule has 2 aromatic heterocycles. The van der Waals surface area contributed by atoms with Crippen molar-refractivity contribution >= 4 is 34.4 Å². The van der Waals surface area contributed by atoms with Crippen molar-refractivity contribution in [3.05, 3.63) is 107 Å². The van der Waals surface area contributed by atoms with Gasteiger partial charge in [-0.15, -0.1) is 0 Å². The Morgan fingerprint density at radius 1 is 0.500 bits per heavy atom. The van der Waals surface area contributed by atoms with Crippen LogP contribution in [0.4, 0.5) is 0 Å². The quantitative estimate of drug-likeness (QED) is 0.445. The molecular formula is C26H16N4O4. The Hall–Kier alpha value is -4.72. The monoisotopic (exact) mass is 448 g/mol. The molecule has 0 aliphatic carbocycles. The zero-order valence-electron chi connectivity index (χ0n) is 17.8. The van der Waals surface area contributed by atoms with Crippen LogP contribution >= 0.6 is 0 Å². The number of amides is 4. The molecule has 0 unspecified atom stereocenters. The molecule has 2 aromatic carbocycles. The highest BCUT2D eigenvalue weighted by molar-refractivity contribution is 6.33. The summed E-state index contributed by atoms with van der Waals surface area (Å²) in [7, 11) is 0. The van der Waals surface area contributed by atoms with Crippen molar-refractivity contribution in [3.8, 4) is 0 Å². The predicted molar refractivity (Wildman–Crippen MR) is 121 cm³/mol. The second-order valence-electron chi connectivity index (χ2n) is 8.11. The zero-order chi connectivity index (χ0) is 23.4. The minimum absolute atomic E-state index is 0.0264. The van der Waals surface area contributed by atoms with E-state index in [1.165, 1.54) is 0 Å². The molecule has 0 N–H and O–H groups in total. The standard InChI is InChI=1S/C26H16N4O4/c31-23-17-7-9-19-22-20(26(34)30(25(19)33)14-16-6-2-4-12-28-16)10-8-18(21(17)22)24(32)29(23)13-15-5-1-3-11-27-15/h1-12H,13-14H2. The average molecular weight is 448 g/mol. The third-order valence-corrected chi connectivity index (χ3v) is 6.16. The van der Waals surface area contributed by atoms with Crippen molar-refractivity contribution in [3.63, 3.8) is 0 Å². The lowest BCUT2D eigenvalue weighted by atomic mass is 9.86. The zero-order valence-corrected chi connectivity index (χ0v) is 17.8. The Morgan fingerprint density at radius 3 is 1.15 bits per heavy atom. The molecule has 4 amide bonds. The van der Waals surface area contributed by atoms with E-state index in [0.29, 0.717) is 22.2 Å². The van der Waals surface area contributed by atoms with E-state index in [1.807, 2.05) is 0 Å². The third-order valence-electron chi connectivity index (χ3n) is 6.16. The molecule has 6 rings (SSSR count). The largest absolute Gasteiger partial charge is 0.269 e. The van der Waals surface area contributed by atoms with Crippen molar-refractivity contribution in [1.82, 2.24) is 19.8 Å². The van der Waals surface area contributed by atoms with E-state index in [1.54, 1.807) is 73.1 Å². The maximum atomic E-state index is 13.3. The first-order chi connectivity index (χ1) is 16.5. The number of imide groups is 2. The van der Waals surface area contributed by atoms with Gasteiger partial charge in [-0.1, -0.05) is 12.1 Å². The number of aromatic nitrogens is 2. The number of benzene rings is 2. The molecule has 2 aliphatic heterocycles.